The van der Waals surface area contributed by atoms with E-state index in [1.807, 2.05) is 22.4 Å². The standard InChI is InChI=1S/C13H13NOS2/c15-13(12-4-2-7-17-12)14-6-1-3-11(14)10-5-8-16-9-10/h2,4-5,7-9,11H,1,3,6H2. The van der Waals surface area contributed by atoms with Gasteiger partial charge in [0.1, 0.15) is 0 Å². The van der Waals surface area contributed by atoms with E-state index in [0.29, 0.717) is 0 Å². The number of likely N-dealkylation sites (tertiary alicyclic amines) is 1. The first-order valence-corrected chi connectivity index (χ1v) is 7.55. The van der Waals surface area contributed by atoms with Crippen molar-refractivity contribution in [1.82, 2.24) is 4.90 Å². The van der Waals surface area contributed by atoms with Crippen molar-refractivity contribution < 1.29 is 4.79 Å². The first-order valence-electron chi connectivity index (χ1n) is 5.73. The first kappa shape index (κ1) is 11.0. The molecule has 1 unspecified atom stereocenters. The van der Waals surface area contributed by atoms with Gasteiger partial charge in [0, 0.05) is 6.54 Å². The lowest BCUT2D eigenvalue weighted by Crippen LogP contribution is -2.29. The predicted octanol–water partition coefficient (Wildman–Crippen LogP) is 3.79. The van der Waals surface area contributed by atoms with Gasteiger partial charge in [-0.1, -0.05) is 6.07 Å². The van der Waals surface area contributed by atoms with E-state index in [2.05, 4.69) is 16.8 Å². The topological polar surface area (TPSA) is 20.3 Å². The Labute approximate surface area is 109 Å². The van der Waals surface area contributed by atoms with Crippen molar-refractivity contribution in [2.45, 2.75) is 18.9 Å². The molecule has 1 amide bonds. The minimum absolute atomic E-state index is 0.189. The number of carbonyl (C=O) groups is 1. The molecular weight excluding hydrogens is 250 g/mol. The Hall–Kier alpha value is -1.13. The van der Waals surface area contributed by atoms with E-state index in [0.717, 1.165) is 24.3 Å². The van der Waals surface area contributed by atoms with E-state index >= 15 is 0 Å². The molecule has 0 aliphatic carbocycles. The summed E-state index contributed by atoms with van der Waals surface area (Å²) in [4.78, 5) is 15.2. The molecule has 88 valence electrons. The van der Waals surface area contributed by atoms with Gasteiger partial charge in [-0.05, 0) is 46.7 Å². The Kier molecular flexibility index (Phi) is 2.99. The normalized spacial score (nSPS) is 19.8. The van der Waals surface area contributed by atoms with Crippen LogP contribution in [0.2, 0.25) is 0 Å². The van der Waals surface area contributed by atoms with Crippen LogP contribution in [0.1, 0.15) is 34.1 Å². The van der Waals surface area contributed by atoms with Crippen LogP contribution in [0.25, 0.3) is 0 Å². The molecule has 2 aromatic heterocycles. The van der Waals surface area contributed by atoms with Gasteiger partial charge in [-0.3, -0.25) is 4.79 Å². The number of carbonyl (C=O) groups excluding carboxylic acids is 1. The maximum Gasteiger partial charge on any atom is 0.264 e. The molecule has 1 aliphatic heterocycles. The highest BCUT2D eigenvalue weighted by atomic mass is 32.1. The molecule has 0 N–H and O–H groups in total. The lowest BCUT2D eigenvalue weighted by molar-refractivity contribution is 0.0741. The average molecular weight is 263 g/mol. The Balaban J connectivity index is 1.85. The highest BCUT2D eigenvalue weighted by Gasteiger charge is 2.30. The van der Waals surface area contributed by atoms with Gasteiger partial charge in [0.05, 0.1) is 10.9 Å². The van der Waals surface area contributed by atoms with E-state index in [-0.39, 0.29) is 11.9 Å². The van der Waals surface area contributed by atoms with Gasteiger partial charge in [0.2, 0.25) is 0 Å². The van der Waals surface area contributed by atoms with Crippen LogP contribution in [0.15, 0.2) is 34.3 Å². The number of rotatable bonds is 2. The van der Waals surface area contributed by atoms with Gasteiger partial charge in [0.15, 0.2) is 0 Å². The van der Waals surface area contributed by atoms with E-state index in [9.17, 15) is 4.79 Å². The quantitative estimate of drug-likeness (QED) is 0.807. The zero-order valence-electron chi connectivity index (χ0n) is 9.33. The van der Waals surface area contributed by atoms with Crippen LogP contribution in [0.5, 0.6) is 0 Å². The summed E-state index contributed by atoms with van der Waals surface area (Å²) >= 11 is 3.23. The van der Waals surface area contributed by atoms with Crippen LogP contribution in [0, 0.1) is 0 Å². The summed E-state index contributed by atoms with van der Waals surface area (Å²) < 4.78 is 0. The summed E-state index contributed by atoms with van der Waals surface area (Å²) in [5.74, 6) is 0.189. The van der Waals surface area contributed by atoms with Crippen LogP contribution in [-0.4, -0.2) is 17.4 Å². The molecule has 3 heterocycles. The van der Waals surface area contributed by atoms with Crippen molar-refractivity contribution >= 4 is 28.6 Å². The molecule has 2 aromatic rings. The van der Waals surface area contributed by atoms with Gasteiger partial charge in [-0.15, -0.1) is 11.3 Å². The Morgan fingerprint density at radius 1 is 1.35 bits per heavy atom. The average Bonchev–Trinajstić information content (AvgIpc) is 3.09. The second kappa shape index (κ2) is 4.63. The Bertz CT molecular complexity index is 489. The van der Waals surface area contributed by atoms with E-state index in [1.54, 1.807) is 11.3 Å². The van der Waals surface area contributed by atoms with Crippen molar-refractivity contribution in [2.24, 2.45) is 0 Å². The smallest absolute Gasteiger partial charge is 0.264 e. The molecule has 0 spiro atoms. The van der Waals surface area contributed by atoms with Gasteiger partial charge in [-0.25, -0.2) is 0 Å². The van der Waals surface area contributed by atoms with Crippen molar-refractivity contribution in [2.75, 3.05) is 6.54 Å². The summed E-state index contributed by atoms with van der Waals surface area (Å²) in [5.41, 5.74) is 1.29. The molecule has 17 heavy (non-hydrogen) atoms. The molecule has 0 radical (unpaired) electrons. The molecular formula is C13H13NOS2. The third kappa shape index (κ3) is 2.03. The van der Waals surface area contributed by atoms with Gasteiger partial charge >= 0.3 is 0 Å². The fourth-order valence-corrected chi connectivity index (χ4v) is 3.75. The number of amides is 1. The summed E-state index contributed by atoms with van der Waals surface area (Å²) in [5, 5.41) is 6.20. The lowest BCUT2D eigenvalue weighted by atomic mass is 10.1. The van der Waals surface area contributed by atoms with Crippen molar-refractivity contribution in [1.29, 1.82) is 0 Å². The maximum atomic E-state index is 12.4. The highest BCUT2D eigenvalue weighted by molar-refractivity contribution is 7.12. The second-order valence-electron chi connectivity index (χ2n) is 4.19. The van der Waals surface area contributed by atoms with E-state index in [1.165, 1.54) is 16.9 Å². The summed E-state index contributed by atoms with van der Waals surface area (Å²) in [6.45, 7) is 0.886. The third-order valence-electron chi connectivity index (χ3n) is 3.17. The van der Waals surface area contributed by atoms with Crippen LogP contribution in [-0.2, 0) is 0 Å². The summed E-state index contributed by atoms with van der Waals surface area (Å²) in [6.07, 6.45) is 2.20. The number of hydrogen-bond acceptors (Lipinski definition) is 3. The van der Waals surface area contributed by atoms with Crippen molar-refractivity contribution in [3.05, 3.63) is 44.8 Å². The molecule has 0 bridgehead atoms. The van der Waals surface area contributed by atoms with Crippen LogP contribution >= 0.6 is 22.7 Å². The molecule has 1 aliphatic rings. The minimum Gasteiger partial charge on any atom is -0.331 e. The Morgan fingerprint density at radius 3 is 3.00 bits per heavy atom. The monoisotopic (exact) mass is 263 g/mol. The van der Waals surface area contributed by atoms with E-state index < -0.39 is 0 Å². The molecule has 0 saturated carbocycles. The number of thiophene rings is 2. The fourth-order valence-electron chi connectivity index (χ4n) is 2.36. The maximum absolute atomic E-state index is 12.4. The summed E-state index contributed by atoms with van der Waals surface area (Å²) in [6, 6.07) is 6.27. The van der Waals surface area contributed by atoms with Crippen LogP contribution < -0.4 is 0 Å². The molecule has 1 fully saturated rings. The molecule has 3 rings (SSSR count). The minimum atomic E-state index is 0.189. The third-order valence-corrected chi connectivity index (χ3v) is 4.73. The largest absolute Gasteiger partial charge is 0.331 e. The highest BCUT2D eigenvalue weighted by Crippen LogP contribution is 2.34. The van der Waals surface area contributed by atoms with Crippen LogP contribution in [0.3, 0.4) is 0 Å². The fraction of sp³-hybridized carbons (Fsp3) is 0.308. The zero-order chi connectivity index (χ0) is 11.7. The SMILES string of the molecule is O=C(c1cccs1)N1CCCC1c1ccsc1. The van der Waals surface area contributed by atoms with Crippen LogP contribution in [0.4, 0.5) is 0 Å². The molecule has 1 saturated heterocycles. The lowest BCUT2D eigenvalue weighted by Gasteiger charge is -2.23. The van der Waals surface area contributed by atoms with Gasteiger partial charge in [-0.2, -0.15) is 11.3 Å². The van der Waals surface area contributed by atoms with Gasteiger partial charge in [0.25, 0.3) is 5.91 Å². The zero-order valence-corrected chi connectivity index (χ0v) is 11.0. The first-order chi connectivity index (χ1) is 8.36. The number of nitrogens with zero attached hydrogens (tertiary/aromatic N) is 1. The molecule has 1 atom stereocenters. The van der Waals surface area contributed by atoms with E-state index in [4.69, 9.17) is 0 Å². The second-order valence-corrected chi connectivity index (χ2v) is 5.92. The molecule has 2 nitrogen and oxygen atoms in total. The van der Waals surface area contributed by atoms with Crippen molar-refractivity contribution in [3.8, 4) is 0 Å². The predicted molar refractivity (Wildman–Crippen MR) is 71.6 cm³/mol. The Morgan fingerprint density at radius 2 is 2.29 bits per heavy atom. The van der Waals surface area contributed by atoms with Crippen molar-refractivity contribution in [3.63, 3.8) is 0 Å². The molecule has 4 heteroatoms. The van der Waals surface area contributed by atoms with Gasteiger partial charge < -0.3 is 4.90 Å². The number of hydrogen-bond donors (Lipinski definition) is 0. The summed E-state index contributed by atoms with van der Waals surface area (Å²) in [7, 11) is 0. The molecule has 0 aromatic carbocycles.